The minimum absolute atomic E-state index is 0.0276. The van der Waals surface area contributed by atoms with Gasteiger partial charge in [0.05, 0.1) is 11.9 Å². The van der Waals surface area contributed by atoms with Gasteiger partial charge < -0.3 is 20.4 Å². The number of nitrogen functional groups attached to an aromatic ring is 1. The van der Waals surface area contributed by atoms with Gasteiger partial charge in [-0.05, 0) is 6.92 Å². The molecular formula is C13H22N6O2. The van der Waals surface area contributed by atoms with E-state index in [1.165, 1.54) is 6.20 Å². The molecule has 0 bridgehead atoms. The van der Waals surface area contributed by atoms with Crippen LogP contribution in [-0.4, -0.2) is 76.7 Å². The second-order valence-corrected chi connectivity index (χ2v) is 5.22. The van der Waals surface area contributed by atoms with Gasteiger partial charge in [0.15, 0.2) is 0 Å². The van der Waals surface area contributed by atoms with E-state index in [4.69, 9.17) is 5.73 Å². The van der Waals surface area contributed by atoms with Crippen molar-refractivity contribution in [2.24, 2.45) is 0 Å². The second-order valence-electron chi connectivity index (χ2n) is 5.22. The van der Waals surface area contributed by atoms with E-state index in [-0.39, 0.29) is 11.9 Å². The maximum atomic E-state index is 12.5. The summed E-state index contributed by atoms with van der Waals surface area (Å²) in [5, 5.41) is 4.09. The zero-order valence-corrected chi connectivity index (χ0v) is 12.7. The van der Waals surface area contributed by atoms with Crippen molar-refractivity contribution in [3.8, 4) is 0 Å². The van der Waals surface area contributed by atoms with Crippen molar-refractivity contribution in [3.63, 3.8) is 0 Å². The number of anilines is 1. The lowest BCUT2D eigenvalue weighted by Crippen LogP contribution is -2.53. The molecule has 2 N–H and O–H groups in total. The van der Waals surface area contributed by atoms with Crippen LogP contribution in [0.2, 0.25) is 0 Å². The summed E-state index contributed by atoms with van der Waals surface area (Å²) in [6.45, 7) is 4.58. The van der Waals surface area contributed by atoms with Crippen LogP contribution in [0.25, 0.3) is 0 Å². The standard InChI is InChI=1S/C13H22N6O2/c1-4-19-11(10(14)9-15-19)12(20)17-5-7-18(8-6-17)13(21)16(2)3/h9H,4-8,14H2,1-3H3. The van der Waals surface area contributed by atoms with Crippen LogP contribution in [0.15, 0.2) is 6.20 Å². The molecule has 1 saturated heterocycles. The lowest BCUT2D eigenvalue weighted by Gasteiger charge is -2.36. The normalized spacial score (nSPS) is 15.2. The van der Waals surface area contributed by atoms with E-state index in [1.807, 2.05) is 6.92 Å². The molecule has 0 spiro atoms. The van der Waals surface area contributed by atoms with E-state index in [0.717, 1.165) is 0 Å². The Balaban J connectivity index is 2.04. The fourth-order valence-electron chi connectivity index (χ4n) is 2.41. The molecule has 0 aliphatic carbocycles. The fourth-order valence-corrected chi connectivity index (χ4v) is 2.41. The highest BCUT2D eigenvalue weighted by Gasteiger charge is 2.28. The summed E-state index contributed by atoms with van der Waals surface area (Å²) < 4.78 is 1.61. The number of piperazine rings is 1. The molecule has 21 heavy (non-hydrogen) atoms. The van der Waals surface area contributed by atoms with Crippen LogP contribution < -0.4 is 5.73 Å². The number of nitrogens with zero attached hydrogens (tertiary/aromatic N) is 5. The van der Waals surface area contributed by atoms with Crippen molar-refractivity contribution in [2.75, 3.05) is 46.0 Å². The Hall–Kier alpha value is -2.25. The monoisotopic (exact) mass is 294 g/mol. The molecule has 8 heteroatoms. The molecule has 0 saturated carbocycles. The predicted molar refractivity (Wildman–Crippen MR) is 78.9 cm³/mol. The zero-order valence-electron chi connectivity index (χ0n) is 12.7. The summed E-state index contributed by atoms with van der Waals surface area (Å²) in [5.41, 5.74) is 6.67. The Morgan fingerprint density at radius 1 is 1.24 bits per heavy atom. The van der Waals surface area contributed by atoms with Crippen molar-refractivity contribution < 1.29 is 9.59 Å². The Kier molecular flexibility index (Phi) is 4.35. The molecule has 1 aliphatic heterocycles. The van der Waals surface area contributed by atoms with Gasteiger partial charge in [-0.3, -0.25) is 9.48 Å². The van der Waals surface area contributed by atoms with Crippen molar-refractivity contribution >= 4 is 17.6 Å². The number of nitrogens with two attached hydrogens (primary N) is 1. The molecule has 116 valence electrons. The first kappa shape index (κ1) is 15.1. The summed E-state index contributed by atoms with van der Waals surface area (Å²) in [7, 11) is 3.45. The van der Waals surface area contributed by atoms with Crippen LogP contribution in [0.1, 0.15) is 17.4 Å². The van der Waals surface area contributed by atoms with Crippen LogP contribution in [0.4, 0.5) is 10.5 Å². The summed E-state index contributed by atoms with van der Waals surface area (Å²) in [5.74, 6) is -0.121. The number of aryl methyl sites for hydroxylation is 1. The number of carbonyl (C=O) groups excluding carboxylic acids is 2. The summed E-state index contributed by atoms with van der Waals surface area (Å²) in [4.78, 5) is 29.4. The molecule has 0 aromatic carbocycles. The lowest BCUT2D eigenvalue weighted by molar-refractivity contribution is 0.0639. The number of amides is 3. The molecule has 2 heterocycles. The number of aromatic nitrogens is 2. The Morgan fingerprint density at radius 3 is 2.33 bits per heavy atom. The first-order chi connectivity index (χ1) is 9.95. The minimum Gasteiger partial charge on any atom is -0.396 e. The number of hydrogen-bond donors (Lipinski definition) is 1. The molecule has 2 rings (SSSR count). The number of rotatable bonds is 2. The third-order valence-electron chi connectivity index (χ3n) is 3.59. The quantitative estimate of drug-likeness (QED) is 0.826. The van der Waals surface area contributed by atoms with E-state index in [0.29, 0.717) is 44.1 Å². The molecule has 1 aliphatic rings. The van der Waals surface area contributed by atoms with E-state index in [1.54, 1.807) is 33.5 Å². The van der Waals surface area contributed by atoms with Gasteiger partial charge in [-0.25, -0.2) is 4.79 Å². The molecule has 0 atom stereocenters. The maximum absolute atomic E-state index is 12.5. The van der Waals surface area contributed by atoms with E-state index in [2.05, 4.69) is 5.10 Å². The molecule has 3 amide bonds. The number of hydrogen-bond acceptors (Lipinski definition) is 4. The summed E-state index contributed by atoms with van der Waals surface area (Å²) in [6.07, 6.45) is 1.50. The molecular weight excluding hydrogens is 272 g/mol. The smallest absolute Gasteiger partial charge is 0.319 e. The second kappa shape index (κ2) is 6.02. The highest BCUT2D eigenvalue weighted by molar-refractivity contribution is 5.97. The van der Waals surface area contributed by atoms with Gasteiger partial charge in [-0.1, -0.05) is 0 Å². The Bertz CT molecular complexity index is 531. The first-order valence-electron chi connectivity index (χ1n) is 7.02. The number of carbonyl (C=O) groups is 2. The van der Waals surface area contributed by atoms with Gasteiger partial charge in [0.25, 0.3) is 5.91 Å². The van der Waals surface area contributed by atoms with Gasteiger partial charge in [0.1, 0.15) is 5.69 Å². The topological polar surface area (TPSA) is 87.7 Å². The average Bonchev–Trinajstić information content (AvgIpc) is 2.86. The minimum atomic E-state index is -0.121. The van der Waals surface area contributed by atoms with Crippen molar-refractivity contribution in [1.82, 2.24) is 24.5 Å². The van der Waals surface area contributed by atoms with Gasteiger partial charge in [0.2, 0.25) is 0 Å². The van der Waals surface area contributed by atoms with Gasteiger partial charge in [0, 0.05) is 46.8 Å². The highest BCUT2D eigenvalue weighted by Crippen LogP contribution is 2.15. The average molecular weight is 294 g/mol. The Morgan fingerprint density at radius 2 is 1.81 bits per heavy atom. The number of urea groups is 1. The van der Waals surface area contributed by atoms with Gasteiger partial charge >= 0.3 is 6.03 Å². The van der Waals surface area contributed by atoms with E-state index < -0.39 is 0 Å². The molecule has 1 aromatic rings. The van der Waals surface area contributed by atoms with Crippen molar-refractivity contribution in [1.29, 1.82) is 0 Å². The third-order valence-corrected chi connectivity index (χ3v) is 3.59. The van der Waals surface area contributed by atoms with Crippen LogP contribution in [0.5, 0.6) is 0 Å². The molecule has 8 nitrogen and oxygen atoms in total. The summed E-state index contributed by atoms with van der Waals surface area (Å²) in [6, 6.07) is -0.0276. The van der Waals surface area contributed by atoms with Crippen molar-refractivity contribution in [2.45, 2.75) is 13.5 Å². The van der Waals surface area contributed by atoms with Crippen LogP contribution >= 0.6 is 0 Å². The van der Waals surface area contributed by atoms with Crippen molar-refractivity contribution in [3.05, 3.63) is 11.9 Å². The predicted octanol–water partition coefficient (Wildman–Crippen LogP) is -0.0754. The van der Waals surface area contributed by atoms with Gasteiger partial charge in [-0.2, -0.15) is 5.10 Å². The van der Waals surface area contributed by atoms with Crippen LogP contribution in [0, 0.1) is 0 Å². The zero-order chi connectivity index (χ0) is 15.6. The van der Waals surface area contributed by atoms with Crippen LogP contribution in [0.3, 0.4) is 0 Å². The van der Waals surface area contributed by atoms with E-state index in [9.17, 15) is 9.59 Å². The molecule has 1 aromatic heterocycles. The van der Waals surface area contributed by atoms with Gasteiger partial charge in [-0.15, -0.1) is 0 Å². The fraction of sp³-hybridized carbons (Fsp3) is 0.615. The highest BCUT2D eigenvalue weighted by atomic mass is 16.2. The SMILES string of the molecule is CCn1ncc(N)c1C(=O)N1CCN(C(=O)N(C)C)CC1. The Labute approximate surface area is 124 Å². The maximum Gasteiger partial charge on any atom is 0.319 e. The van der Waals surface area contributed by atoms with E-state index >= 15 is 0 Å². The first-order valence-corrected chi connectivity index (χ1v) is 7.02. The molecule has 0 radical (unpaired) electrons. The molecule has 0 unspecified atom stereocenters. The lowest BCUT2D eigenvalue weighted by atomic mass is 10.2. The third kappa shape index (κ3) is 2.93. The molecule has 1 fully saturated rings. The summed E-state index contributed by atoms with van der Waals surface area (Å²) >= 11 is 0. The van der Waals surface area contributed by atoms with Crippen LogP contribution in [-0.2, 0) is 6.54 Å². The largest absolute Gasteiger partial charge is 0.396 e.